The van der Waals surface area contributed by atoms with Crippen LogP contribution in [0.4, 0.5) is 5.69 Å². The van der Waals surface area contributed by atoms with Gasteiger partial charge in [-0.25, -0.2) is 4.98 Å². The first kappa shape index (κ1) is 19.5. The van der Waals surface area contributed by atoms with Gasteiger partial charge in [0.2, 0.25) is 5.91 Å². The quantitative estimate of drug-likeness (QED) is 0.648. The van der Waals surface area contributed by atoms with Gasteiger partial charge in [0.25, 0.3) is 0 Å². The summed E-state index contributed by atoms with van der Waals surface area (Å²) in [6.07, 6.45) is 0. The summed E-state index contributed by atoms with van der Waals surface area (Å²) in [6.45, 7) is 3.21. The van der Waals surface area contributed by atoms with Gasteiger partial charge < -0.3 is 19.3 Å². The lowest BCUT2D eigenvalue weighted by atomic mass is 9.97. The van der Waals surface area contributed by atoms with E-state index in [1.807, 2.05) is 44.2 Å². The van der Waals surface area contributed by atoms with Crippen LogP contribution in [0.3, 0.4) is 0 Å². The van der Waals surface area contributed by atoms with E-state index in [9.17, 15) is 4.79 Å². The minimum atomic E-state index is 0.0848. The number of nitrogens with zero attached hydrogens (tertiary/aromatic N) is 5. The van der Waals surface area contributed by atoms with Gasteiger partial charge >= 0.3 is 0 Å². The first-order valence-electron chi connectivity index (χ1n) is 10.1. The molecule has 6 nitrogen and oxygen atoms in total. The van der Waals surface area contributed by atoms with Gasteiger partial charge in [-0.3, -0.25) is 4.79 Å². The van der Waals surface area contributed by atoms with Crippen molar-refractivity contribution in [1.29, 1.82) is 0 Å². The Morgan fingerprint density at radius 2 is 1.83 bits per heavy atom. The molecule has 6 heteroatoms. The lowest BCUT2D eigenvalue weighted by molar-refractivity contribution is -0.135. The number of anilines is 1. The van der Waals surface area contributed by atoms with E-state index < -0.39 is 0 Å². The highest BCUT2D eigenvalue weighted by molar-refractivity contribution is 5.83. The number of amides is 1. The van der Waals surface area contributed by atoms with Crippen LogP contribution >= 0.6 is 0 Å². The van der Waals surface area contributed by atoms with E-state index in [2.05, 4.69) is 51.7 Å². The number of benzene rings is 2. The molecule has 3 aromatic rings. The molecule has 1 fully saturated rings. The fourth-order valence-corrected chi connectivity index (χ4v) is 3.86. The molecule has 1 saturated heterocycles. The molecule has 4 rings (SSSR count). The minimum absolute atomic E-state index is 0.0848. The molecule has 2 heterocycles. The minimum Gasteiger partial charge on any atom is -0.370 e. The molecule has 1 aliphatic heterocycles. The van der Waals surface area contributed by atoms with Gasteiger partial charge in [0, 0.05) is 51.5 Å². The van der Waals surface area contributed by atoms with E-state index in [4.69, 9.17) is 4.98 Å². The first-order valence-corrected chi connectivity index (χ1v) is 10.1. The van der Waals surface area contributed by atoms with Gasteiger partial charge in [0.05, 0.1) is 17.0 Å². The third kappa shape index (κ3) is 3.85. The Bertz CT molecular complexity index is 1020. The fourth-order valence-electron chi connectivity index (χ4n) is 3.86. The second kappa shape index (κ2) is 7.87. The second-order valence-corrected chi connectivity index (χ2v) is 8.20. The standard InChI is InChI=1S/C23H29N5O/c1-25(2)12-13-26(3)23(29)18-15-28(16-18)19-9-7-8-17(14-19)22-24-20-10-5-6-11-21(20)27(22)4/h5-11,14,18H,12-13,15-16H2,1-4H3. The van der Waals surface area contributed by atoms with Gasteiger partial charge in [-0.2, -0.15) is 0 Å². The van der Waals surface area contributed by atoms with E-state index in [1.54, 1.807) is 0 Å². The third-order valence-corrected chi connectivity index (χ3v) is 5.75. The molecule has 152 valence electrons. The molecule has 1 aliphatic rings. The Balaban J connectivity index is 1.45. The van der Waals surface area contributed by atoms with E-state index >= 15 is 0 Å². The number of rotatable bonds is 6. The number of carbonyl (C=O) groups is 1. The Labute approximate surface area is 172 Å². The van der Waals surface area contributed by atoms with E-state index in [0.717, 1.165) is 54.3 Å². The zero-order valence-electron chi connectivity index (χ0n) is 17.7. The Morgan fingerprint density at radius 1 is 1.07 bits per heavy atom. The van der Waals surface area contributed by atoms with Crippen molar-refractivity contribution in [3.05, 3.63) is 48.5 Å². The average molecular weight is 392 g/mol. The maximum Gasteiger partial charge on any atom is 0.229 e. The van der Waals surface area contributed by atoms with Crippen molar-refractivity contribution >= 4 is 22.6 Å². The number of carbonyl (C=O) groups excluding carboxylic acids is 1. The lowest BCUT2D eigenvalue weighted by Gasteiger charge is -2.41. The summed E-state index contributed by atoms with van der Waals surface area (Å²) < 4.78 is 2.14. The predicted octanol–water partition coefficient (Wildman–Crippen LogP) is 2.70. The van der Waals surface area contributed by atoms with Crippen LogP contribution in [0.5, 0.6) is 0 Å². The highest BCUT2D eigenvalue weighted by Crippen LogP contribution is 2.30. The van der Waals surface area contributed by atoms with Crippen LogP contribution in [0, 0.1) is 5.92 Å². The molecular weight excluding hydrogens is 362 g/mol. The fraction of sp³-hybridized carbons (Fsp3) is 0.391. The summed E-state index contributed by atoms with van der Waals surface area (Å²) >= 11 is 0. The molecule has 2 aromatic carbocycles. The second-order valence-electron chi connectivity index (χ2n) is 8.20. The summed E-state index contributed by atoms with van der Waals surface area (Å²) in [5.74, 6) is 1.29. The monoisotopic (exact) mass is 391 g/mol. The number of hydrogen-bond donors (Lipinski definition) is 0. The molecule has 0 N–H and O–H groups in total. The van der Waals surface area contributed by atoms with E-state index in [-0.39, 0.29) is 11.8 Å². The molecule has 0 radical (unpaired) electrons. The van der Waals surface area contributed by atoms with E-state index in [1.165, 1.54) is 0 Å². The van der Waals surface area contributed by atoms with Crippen molar-refractivity contribution < 1.29 is 4.79 Å². The smallest absolute Gasteiger partial charge is 0.229 e. The maximum atomic E-state index is 12.6. The SMILES string of the molecule is CN(C)CCN(C)C(=O)C1CN(c2cccc(-c3nc4ccccc4n3C)c2)C1. The summed E-state index contributed by atoms with van der Waals surface area (Å²) in [6, 6.07) is 16.7. The molecule has 1 amide bonds. The molecule has 0 aliphatic carbocycles. The van der Waals surface area contributed by atoms with Crippen LogP contribution in [0.1, 0.15) is 0 Å². The average Bonchev–Trinajstić information content (AvgIpc) is 3.02. The van der Waals surface area contributed by atoms with Crippen molar-refractivity contribution in [2.24, 2.45) is 13.0 Å². The molecular formula is C23H29N5O. The number of aromatic nitrogens is 2. The van der Waals surface area contributed by atoms with Crippen LogP contribution in [0.2, 0.25) is 0 Å². The van der Waals surface area contributed by atoms with Crippen LogP contribution < -0.4 is 4.90 Å². The number of imidazole rings is 1. The maximum absolute atomic E-state index is 12.6. The summed E-state index contributed by atoms with van der Waals surface area (Å²) in [4.78, 5) is 23.7. The van der Waals surface area contributed by atoms with Crippen LogP contribution in [0.25, 0.3) is 22.4 Å². The number of aryl methyl sites for hydroxylation is 1. The number of hydrogen-bond acceptors (Lipinski definition) is 4. The van der Waals surface area contributed by atoms with Crippen LogP contribution in [0.15, 0.2) is 48.5 Å². The molecule has 0 spiro atoms. The molecule has 29 heavy (non-hydrogen) atoms. The van der Waals surface area contributed by atoms with Crippen molar-refractivity contribution in [3.63, 3.8) is 0 Å². The molecule has 0 bridgehead atoms. The number of para-hydroxylation sites is 2. The summed E-state index contributed by atoms with van der Waals surface area (Å²) in [5, 5.41) is 0. The Hall–Kier alpha value is -2.86. The number of likely N-dealkylation sites (N-methyl/N-ethyl adjacent to an activating group) is 2. The summed E-state index contributed by atoms with van der Waals surface area (Å²) in [5.41, 5.74) is 4.38. The normalized spacial score (nSPS) is 14.4. The highest BCUT2D eigenvalue weighted by Gasteiger charge is 2.34. The van der Waals surface area contributed by atoms with Crippen LogP contribution in [-0.4, -0.2) is 72.6 Å². The summed E-state index contributed by atoms with van der Waals surface area (Å²) in [7, 11) is 8.02. The first-order chi connectivity index (χ1) is 13.9. The van der Waals surface area contributed by atoms with Crippen molar-refractivity contribution in [3.8, 4) is 11.4 Å². The van der Waals surface area contributed by atoms with Crippen molar-refractivity contribution in [1.82, 2.24) is 19.4 Å². The highest BCUT2D eigenvalue weighted by atomic mass is 16.2. The molecule has 0 atom stereocenters. The van der Waals surface area contributed by atoms with Crippen molar-refractivity contribution in [2.75, 3.05) is 52.2 Å². The lowest BCUT2D eigenvalue weighted by Crippen LogP contribution is -2.54. The number of fused-ring (bicyclic) bond motifs is 1. The molecule has 0 saturated carbocycles. The van der Waals surface area contributed by atoms with Gasteiger partial charge in [0.1, 0.15) is 5.82 Å². The third-order valence-electron chi connectivity index (χ3n) is 5.75. The Kier molecular flexibility index (Phi) is 5.28. The molecule has 0 unspecified atom stereocenters. The largest absolute Gasteiger partial charge is 0.370 e. The van der Waals surface area contributed by atoms with Crippen LogP contribution in [-0.2, 0) is 11.8 Å². The molecule has 1 aromatic heterocycles. The predicted molar refractivity (Wildman–Crippen MR) is 118 cm³/mol. The van der Waals surface area contributed by atoms with Gasteiger partial charge in [-0.15, -0.1) is 0 Å². The zero-order valence-corrected chi connectivity index (χ0v) is 17.7. The topological polar surface area (TPSA) is 44.6 Å². The van der Waals surface area contributed by atoms with Gasteiger partial charge in [0.15, 0.2) is 0 Å². The van der Waals surface area contributed by atoms with Gasteiger partial charge in [-0.1, -0.05) is 24.3 Å². The Morgan fingerprint density at radius 3 is 2.55 bits per heavy atom. The van der Waals surface area contributed by atoms with Gasteiger partial charge in [-0.05, 0) is 38.4 Å². The van der Waals surface area contributed by atoms with E-state index in [0.29, 0.717) is 0 Å². The van der Waals surface area contributed by atoms with Crippen molar-refractivity contribution in [2.45, 2.75) is 0 Å². The zero-order chi connectivity index (χ0) is 20.5.